The summed E-state index contributed by atoms with van der Waals surface area (Å²) in [5, 5.41) is 3.87. The standard InChI is InChI=1S/C14H16N4O2.2ClH/c15-8-11-4-2-6-18(11)14(19)12-7-13(20-17-12)10-3-1-5-16-9-10;;/h1,3,5,7,9,11H,2,4,6,8,15H2;2*1H. The molecule has 8 heteroatoms. The number of rotatable bonds is 3. The third-order valence-electron chi connectivity index (χ3n) is 3.59. The Morgan fingerprint density at radius 1 is 1.45 bits per heavy atom. The molecule has 22 heavy (non-hydrogen) atoms. The first kappa shape index (κ1) is 18.4. The average molecular weight is 345 g/mol. The van der Waals surface area contributed by atoms with Crippen molar-refractivity contribution < 1.29 is 9.32 Å². The monoisotopic (exact) mass is 344 g/mol. The van der Waals surface area contributed by atoms with Crippen LogP contribution in [0, 0.1) is 0 Å². The number of hydrogen-bond acceptors (Lipinski definition) is 5. The Bertz CT molecular complexity index is 606. The van der Waals surface area contributed by atoms with E-state index in [9.17, 15) is 4.79 Å². The first-order valence-corrected chi connectivity index (χ1v) is 6.67. The molecular formula is C14H18Cl2N4O2. The van der Waals surface area contributed by atoms with Crippen molar-refractivity contribution in [2.45, 2.75) is 18.9 Å². The van der Waals surface area contributed by atoms with E-state index in [4.69, 9.17) is 10.3 Å². The van der Waals surface area contributed by atoms with Gasteiger partial charge >= 0.3 is 0 Å². The van der Waals surface area contributed by atoms with E-state index in [2.05, 4.69) is 10.1 Å². The maximum Gasteiger partial charge on any atom is 0.276 e. The number of carbonyl (C=O) groups is 1. The molecule has 1 amide bonds. The van der Waals surface area contributed by atoms with Crippen LogP contribution in [0.2, 0.25) is 0 Å². The maximum atomic E-state index is 12.4. The van der Waals surface area contributed by atoms with Crippen LogP contribution in [-0.4, -0.2) is 40.1 Å². The Balaban J connectivity index is 0.00000121. The van der Waals surface area contributed by atoms with Gasteiger partial charge in [0.2, 0.25) is 0 Å². The Hall–Kier alpha value is -1.63. The molecule has 0 saturated carbocycles. The van der Waals surface area contributed by atoms with E-state index >= 15 is 0 Å². The highest BCUT2D eigenvalue weighted by molar-refractivity contribution is 5.93. The molecule has 0 bridgehead atoms. The third kappa shape index (κ3) is 3.58. The number of nitrogens with zero attached hydrogens (tertiary/aromatic N) is 3. The van der Waals surface area contributed by atoms with Gasteiger partial charge in [-0.25, -0.2) is 0 Å². The number of carbonyl (C=O) groups excluding carboxylic acids is 1. The van der Waals surface area contributed by atoms with E-state index in [1.807, 2.05) is 12.1 Å². The van der Waals surface area contributed by atoms with Crippen molar-refractivity contribution in [3.8, 4) is 11.3 Å². The summed E-state index contributed by atoms with van der Waals surface area (Å²) in [6.07, 6.45) is 5.30. The van der Waals surface area contributed by atoms with Gasteiger partial charge in [0, 0.05) is 43.2 Å². The molecule has 2 N–H and O–H groups in total. The molecule has 3 heterocycles. The molecule has 0 aromatic carbocycles. The third-order valence-corrected chi connectivity index (χ3v) is 3.59. The average Bonchev–Trinajstić information content (AvgIpc) is 3.16. The predicted octanol–water partition coefficient (Wildman–Crippen LogP) is 2.14. The smallest absolute Gasteiger partial charge is 0.276 e. The lowest BCUT2D eigenvalue weighted by Crippen LogP contribution is -2.40. The highest BCUT2D eigenvalue weighted by atomic mass is 35.5. The highest BCUT2D eigenvalue weighted by Gasteiger charge is 2.30. The Kier molecular flexibility index (Phi) is 6.80. The van der Waals surface area contributed by atoms with Gasteiger partial charge in [0.15, 0.2) is 11.5 Å². The molecule has 1 aliphatic heterocycles. The number of nitrogens with two attached hydrogens (primary N) is 1. The molecule has 3 rings (SSSR count). The van der Waals surface area contributed by atoms with Crippen LogP contribution in [0.25, 0.3) is 11.3 Å². The van der Waals surface area contributed by atoms with Crippen LogP contribution in [-0.2, 0) is 0 Å². The van der Waals surface area contributed by atoms with Gasteiger partial charge < -0.3 is 15.2 Å². The summed E-state index contributed by atoms with van der Waals surface area (Å²) in [7, 11) is 0. The highest BCUT2D eigenvalue weighted by Crippen LogP contribution is 2.22. The minimum absolute atomic E-state index is 0. The van der Waals surface area contributed by atoms with Gasteiger partial charge in [-0.1, -0.05) is 5.16 Å². The van der Waals surface area contributed by atoms with Crippen LogP contribution < -0.4 is 5.73 Å². The van der Waals surface area contributed by atoms with E-state index in [1.165, 1.54) is 0 Å². The summed E-state index contributed by atoms with van der Waals surface area (Å²) in [6.45, 7) is 1.22. The van der Waals surface area contributed by atoms with Gasteiger partial charge in [0.1, 0.15) is 0 Å². The molecule has 2 aromatic rings. The second kappa shape index (κ2) is 8.12. The van der Waals surface area contributed by atoms with Crippen molar-refractivity contribution in [2.75, 3.05) is 13.1 Å². The van der Waals surface area contributed by atoms with Crippen LogP contribution in [0.5, 0.6) is 0 Å². The summed E-state index contributed by atoms with van der Waals surface area (Å²) >= 11 is 0. The van der Waals surface area contributed by atoms with Crippen LogP contribution in [0.15, 0.2) is 35.1 Å². The number of halogens is 2. The summed E-state index contributed by atoms with van der Waals surface area (Å²) < 4.78 is 5.23. The number of aromatic nitrogens is 2. The summed E-state index contributed by atoms with van der Waals surface area (Å²) in [6, 6.07) is 5.44. The molecule has 0 aliphatic carbocycles. The zero-order chi connectivity index (χ0) is 13.9. The van der Waals surface area contributed by atoms with Crippen LogP contribution >= 0.6 is 24.8 Å². The van der Waals surface area contributed by atoms with Gasteiger partial charge in [-0.3, -0.25) is 9.78 Å². The molecule has 120 valence electrons. The summed E-state index contributed by atoms with van der Waals surface area (Å²) in [5.41, 5.74) is 6.82. The fourth-order valence-electron chi connectivity index (χ4n) is 2.52. The minimum Gasteiger partial charge on any atom is -0.355 e. The SMILES string of the molecule is Cl.Cl.NCC1CCCN1C(=O)c1cc(-c2cccnc2)on1. The second-order valence-electron chi connectivity index (χ2n) is 4.85. The molecule has 2 aromatic heterocycles. The molecule has 1 atom stereocenters. The number of likely N-dealkylation sites (tertiary alicyclic amines) is 1. The van der Waals surface area contributed by atoms with Crippen LogP contribution in [0.3, 0.4) is 0 Å². The van der Waals surface area contributed by atoms with Crippen molar-refractivity contribution in [3.05, 3.63) is 36.3 Å². The molecule has 1 aliphatic rings. The zero-order valence-corrected chi connectivity index (χ0v) is 13.5. The fourth-order valence-corrected chi connectivity index (χ4v) is 2.52. The zero-order valence-electron chi connectivity index (χ0n) is 11.8. The molecule has 6 nitrogen and oxygen atoms in total. The lowest BCUT2D eigenvalue weighted by Gasteiger charge is -2.21. The number of hydrogen-bond donors (Lipinski definition) is 1. The first-order valence-electron chi connectivity index (χ1n) is 6.67. The van der Waals surface area contributed by atoms with Crippen molar-refractivity contribution in [1.29, 1.82) is 0 Å². The van der Waals surface area contributed by atoms with E-state index in [1.54, 1.807) is 23.4 Å². The molecule has 1 saturated heterocycles. The second-order valence-corrected chi connectivity index (χ2v) is 4.85. The number of amides is 1. The quantitative estimate of drug-likeness (QED) is 0.921. The van der Waals surface area contributed by atoms with Crippen molar-refractivity contribution in [1.82, 2.24) is 15.0 Å². The lowest BCUT2D eigenvalue weighted by atomic mass is 10.2. The van der Waals surface area contributed by atoms with Crippen LogP contribution in [0.1, 0.15) is 23.3 Å². The largest absolute Gasteiger partial charge is 0.355 e. The fraction of sp³-hybridized carbons (Fsp3) is 0.357. The van der Waals surface area contributed by atoms with Gasteiger partial charge in [-0.2, -0.15) is 0 Å². The minimum atomic E-state index is -0.114. The number of pyridine rings is 1. The molecule has 1 unspecified atom stereocenters. The van der Waals surface area contributed by atoms with Gasteiger partial charge in [-0.15, -0.1) is 24.8 Å². The van der Waals surface area contributed by atoms with Crippen molar-refractivity contribution >= 4 is 30.7 Å². The van der Waals surface area contributed by atoms with E-state index < -0.39 is 0 Å². The van der Waals surface area contributed by atoms with Gasteiger partial charge in [0.05, 0.1) is 0 Å². The normalized spacial score (nSPS) is 16.8. The molecule has 0 radical (unpaired) electrons. The Labute approximate surface area is 140 Å². The van der Waals surface area contributed by atoms with E-state index in [-0.39, 0.29) is 36.8 Å². The lowest BCUT2D eigenvalue weighted by molar-refractivity contribution is 0.0731. The summed E-state index contributed by atoms with van der Waals surface area (Å²) in [4.78, 5) is 18.2. The van der Waals surface area contributed by atoms with Gasteiger partial charge in [-0.05, 0) is 25.0 Å². The van der Waals surface area contributed by atoms with Crippen molar-refractivity contribution in [3.63, 3.8) is 0 Å². The van der Waals surface area contributed by atoms with Crippen molar-refractivity contribution in [2.24, 2.45) is 5.73 Å². The molecular weight excluding hydrogens is 327 g/mol. The summed E-state index contributed by atoms with van der Waals surface area (Å²) in [5.74, 6) is 0.432. The van der Waals surface area contributed by atoms with E-state index in [0.717, 1.165) is 24.9 Å². The Morgan fingerprint density at radius 3 is 2.95 bits per heavy atom. The molecule has 0 spiro atoms. The predicted molar refractivity (Wildman–Crippen MR) is 87.3 cm³/mol. The van der Waals surface area contributed by atoms with E-state index in [0.29, 0.717) is 18.0 Å². The topological polar surface area (TPSA) is 85.2 Å². The van der Waals surface area contributed by atoms with Crippen LogP contribution in [0.4, 0.5) is 0 Å². The molecule has 1 fully saturated rings. The van der Waals surface area contributed by atoms with Gasteiger partial charge in [0.25, 0.3) is 5.91 Å². The first-order chi connectivity index (χ1) is 9.79. The maximum absolute atomic E-state index is 12.4. The Morgan fingerprint density at radius 2 is 2.27 bits per heavy atom.